The highest BCUT2D eigenvalue weighted by atomic mass is 19.4. The lowest BCUT2D eigenvalue weighted by atomic mass is 9.93. The molecule has 2 aliphatic heterocycles. The molecule has 3 aliphatic rings. The Morgan fingerprint density at radius 1 is 1.19 bits per heavy atom. The number of halogens is 3. The number of carbonyl (C=O) groups excluding carboxylic acids is 2. The number of rotatable bonds is 5. The van der Waals surface area contributed by atoms with Gasteiger partial charge in [-0.3, -0.25) is 9.80 Å². The Labute approximate surface area is 179 Å². The molecular formula is C22H26F3N3O3. The van der Waals surface area contributed by atoms with Crippen molar-refractivity contribution in [2.75, 3.05) is 26.7 Å². The summed E-state index contributed by atoms with van der Waals surface area (Å²) >= 11 is 0. The summed E-state index contributed by atoms with van der Waals surface area (Å²) in [5, 5.41) is 2.90. The van der Waals surface area contributed by atoms with E-state index in [0.29, 0.717) is 18.7 Å². The fourth-order valence-corrected chi connectivity index (χ4v) is 4.48. The second kappa shape index (κ2) is 8.53. The first kappa shape index (κ1) is 21.7. The number of hydrogen-bond acceptors (Lipinski definition) is 4. The number of nitrogens with zero attached hydrogens (tertiary/aromatic N) is 2. The molecule has 31 heavy (non-hydrogen) atoms. The Hall–Kier alpha value is -2.55. The number of urea groups is 1. The van der Waals surface area contributed by atoms with Crippen molar-refractivity contribution < 1.29 is 27.5 Å². The molecule has 2 amide bonds. The molecule has 4 rings (SSSR count). The van der Waals surface area contributed by atoms with Gasteiger partial charge in [0.05, 0.1) is 24.6 Å². The van der Waals surface area contributed by atoms with Crippen molar-refractivity contribution in [3.8, 4) is 0 Å². The van der Waals surface area contributed by atoms with Crippen LogP contribution in [0.25, 0.3) is 0 Å². The van der Waals surface area contributed by atoms with E-state index in [1.165, 1.54) is 7.11 Å². The summed E-state index contributed by atoms with van der Waals surface area (Å²) in [5.74, 6) is -1.99. The third kappa shape index (κ3) is 4.56. The van der Waals surface area contributed by atoms with Crippen LogP contribution in [0.2, 0.25) is 0 Å². The van der Waals surface area contributed by atoms with Gasteiger partial charge >= 0.3 is 18.2 Å². The minimum Gasteiger partial charge on any atom is -0.466 e. The van der Waals surface area contributed by atoms with Gasteiger partial charge < -0.3 is 10.1 Å². The normalized spacial score (nSPS) is 25.4. The Morgan fingerprint density at radius 2 is 1.90 bits per heavy atom. The smallest absolute Gasteiger partial charge is 0.393 e. The van der Waals surface area contributed by atoms with E-state index in [1.54, 1.807) is 21.9 Å². The highest BCUT2D eigenvalue weighted by Crippen LogP contribution is 2.39. The first-order valence-electron chi connectivity index (χ1n) is 10.5. The largest absolute Gasteiger partial charge is 0.466 e. The van der Waals surface area contributed by atoms with Crippen LogP contribution < -0.4 is 5.32 Å². The van der Waals surface area contributed by atoms with Gasteiger partial charge in [0.2, 0.25) is 0 Å². The standard InChI is InChI=1S/C22H26F3N3O3/c1-31-20(29)18-17(13-27-11-5-8-15(12-27)22(23,24)25)28(16-9-10-16)21(30)26-19(18)14-6-3-2-4-7-14/h2-4,6-7,15-16,19H,5,8-13H2,1H3,(H,26,30)/t15-,19-/m0/s1. The number of ether oxygens (including phenoxy) is 1. The fraction of sp³-hybridized carbons (Fsp3) is 0.545. The van der Waals surface area contributed by atoms with Crippen LogP contribution in [0, 0.1) is 5.92 Å². The average molecular weight is 437 g/mol. The number of benzene rings is 1. The second-order valence-corrected chi connectivity index (χ2v) is 8.36. The van der Waals surface area contributed by atoms with Crippen LogP contribution in [0.5, 0.6) is 0 Å². The molecule has 2 atom stereocenters. The van der Waals surface area contributed by atoms with Crippen molar-refractivity contribution in [1.29, 1.82) is 0 Å². The molecule has 0 spiro atoms. The van der Waals surface area contributed by atoms with E-state index in [9.17, 15) is 22.8 Å². The van der Waals surface area contributed by atoms with Crippen LogP contribution in [0.15, 0.2) is 41.6 Å². The Kier molecular flexibility index (Phi) is 5.96. The lowest BCUT2D eigenvalue weighted by Crippen LogP contribution is -2.52. The van der Waals surface area contributed by atoms with Gasteiger partial charge in [0.1, 0.15) is 0 Å². The third-order valence-corrected chi connectivity index (χ3v) is 6.17. The molecule has 1 saturated heterocycles. The quantitative estimate of drug-likeness (QED) is 0.715. The number of likely N-dealkylation sites (tertiary alicyclic amines) is 1. The van der Waals surface area contributed by atoms with Crippen molar-refractivity contribution in [3.63, 3.8) is 0 Å². The molecule has 0 unspecified atom stereocenters. The summed E-state index contributed by atoms with van der Waals surface area (Å²) in [7, 11) is 1.27. The number of esters is 1. The van der Waals surface area contributed by atoms with E-state index in [2.05, 4.69) is 5.32 Å². The second-order valence-electron chi connectivity index (χ2n) is 8.36. The third-order valence-electron chi connectivity index (χ3n) is 6.17. The SMILES string of the molecule is COC(=O)C1=C(CN2CCC[C@H](C(F)(F)F)C2)N(C2CC2)C(=O)N[C@H]1c1ccccc1. The van der Waals surface area contributed by atoms with E-state index in [1.807, 2.05) is 18.2 Å². The van der Waals surface area contributed by atoms with Gasteiger partial charge in [-0.05, 0) is 37.8 Å². The number of methoxy groups -OCH3 is 1. The first-order chi connectivity index (χ1) is 14.8. The number of carbonyl (C=O) groups is 2. The van der Waals surface area contributed by atoms with Gasteiger partial charge in [0.15, 0.2) is 0 Å². The molecule has 168 valence electrons. The lowest BCUT2D eigenvalue weighted by Gasteiger charge is -2.40. The van der Waals surface area contributed by atoms with E-state index in [4.69, 9.17) is 4.74 Å². The number of alkyl halides is 3. The summed E-state index contributed by atoms with van der Waals surface area (Å²) < 4.78 is 45.0. The number of hydrogen-bond donors (Lipinski definition) is 1. The predicted octanol–water partition coefficient (Wildman–Crippen LogP) is 3.62. The van der Waals surface area contributed by atoms with Crippen LogP contribution >= 0.6 is 0 Å². The van der Waals surface area contributed by atoms with Crippen molar-refractivity contribution in [2.45, 2.75) is 43.9 Å². The monoisotopic (exact) mass is 437 g/mol. The minimum atomic E-state index is -4.26. The maximum atomic E-state index is 13.3. The molecule has 1 saturated carbocycles. The fourth-order valence-electron chi connectivity index (χ4n) is 4.48. The first-order valence-corrected chi connectivity index (χ1v) is 10.5. The highest BCUT2D eigenvalue weighted by molar-refractivity contribution is 5.95. The van der Waals surface area contributed by atoms with Gasteiger partial charge in [-0.25, -0.2) is 9.59 Å². The van der Waals surface area contributed by atoms with Crippen LogP contribution in [0.3, 0.4) is 0 Å². The molecule has 0 radical (unpaired) electrons. The van der Waals surface area contributed by atoms with Crippen LogP contribution in [-0.4, -0.2) is 60.8 Å². The highest BCUT2D eigenvalue weighted by Gasteiger charge is 2.46. The number of piperidine rings is 1. The van der Waals surface area contributed by atoms with Crippen LogP contribution in [0.1, 0.15) is 37.3 Å². The van der Waals surface area contributed by atoms with Gasteiger partial charge in [0.25, 0.3) is 0 Å². The summed E-state index contributed by atoms with van der Waals surface area (Å²) in [6, 6.07) is 7.96. The van der Waals surface area contributed by atoms with Gasteiger partial charge in [0, 0.05) is 24.8 Å². The van der Waals surface area contributed by atoms with Crippen molar-refractivity contribution in [3.05, 3.63) is 47.2 Å². The predicted molar refractivity (Wildman–Crippen MR) is 107 cm³/mol. The molecule has 2 heterocycles. The Morgan fingerprint density at radius 3 is 2.52 bits per heavy atom. The van der Waals surface area contributed by atoms with E-state index >= 15 is 0 Å². The molecule has 0 bridgehead atoms. The van der Waals surface area contributed by atoms with Crippen LogP contribution in [-0.2, 0) is 9.53 Å². The topological polar surface area (TPSA) is 61.9 Å². The minimum absolute atomic E-state index is 0.0467. The molecule has 1 aliphatic carbocycles. The zero-order valence-corrected chi connectivity index (χ0v) is 17.3. The molecule has 9 heteroatoms. The molecule has 6 nitrogen and oxygen atoms in total. The van der Waals surface area contributed by atoms with Crippen LogP contribution in [0.4, 0.5) is 18.0 Å². The van der Waals surface area contributed by atoms with E-state index in [0.717, 1.165) is 18.4 Å². The maximum Gasteiger partial charge on any atom is 0.393 e. The van der Waals surface area contributed by atoms with Crippen molar-refractivity contribution in [2.24, 2.45) is 5.92 Å². The molecule has 1 N–H and O–H groups in total. The molecule has 1 aromatic carbocycles. The number of nitrogens with one attached hydrogen (secondary N) is 1. The maximum absolute atomic E-state index is 13.3. The molecule has 0 aromatic heterocycles. The molecule has 1 aromatic rings. The van der Waals surface area contributed by atoms with Crippen molar-refractivity contribution >= 4 is 12.0 Å². The number of amides is 2. The Balaban J connectivity index is 1.73. The summed E-state index contributed by atoms with van der Waals surface area (Å²) in [6.45, 7) is 0.447. The zero-order valence-electron chi connectivity index (χ0n) is 17.3. The lowest BCUT2D eigenvalue weighted by molar-refractivity contribution is -0.186. The van der Waals surface area contributed by atoms with Gasteiger partial charge in [-0.1, -0.05) is 30.3 Å². The van der Waals surface area contributed by atoms with E-state index in [-0.39, 0.29) is 37.2 Å². The summed E-state index contributed by atoms with van der Waals surface area (Å²) in [6.07, 6.45) is -2.14. The van der Waals surface area contributed by atoms with Gasteiger partial charge in [-0.15, -0.1) is 0 Å². The van der Waals surface area contributed by atoms with E-state index < -0.39 is 24.1 Å². The van der Waals surface area contributed by atoms with Gasteiger partial charge in [-0.2, -0.15) is 13.2 Å². The summed E-state index contributed by atoms with van der Waals surface area (Å²) in [4.78, 5) is 29.1. The molecule has 2 fully saturated rings. The molecular weight excluding hydrogens is 411 g/mol. The average Bonchev–Trinajstić information content (AvgIpc) is 3.58. The van der Waals surface area contributed by atoms with Crippen molar-refractivity contribution in [1.82, 2.24) is 15.1 Å². The summed E-state index contributed by atoms with van der Waals surface area (Å²) in [5.41, 5.74) is 1.46. The zero-order chi connectivity index (χ0) is 22.2. The Bertz CT molecular complexity index is 868.